The molecule has 0 spiro atoms. The Morgan fingerprint density at radius 3 is 2.92 bits per heavy atom. The van der Waals surface area contributed by atoms with Crippen molar-refractivity contribution in [3.05, 3.63) is 42.0 Å². The van der Waals surface area contributed by atoms with E-state index >= 15 is 0 Å². The zero-order valence-electron chi connectivity index (χ0n) is 14.6. The molecule has 0 unspecified atom stereocenters. The maximum absolute atomic E-state index is 11.9. The molecule has 0 saturated heterocycles. The molecule has 1 aliphatic carbocycles. The van der Waals surface area contributed by atoms with Crippen molar-refractivity contribution in [2.45, 2.75) is 44.8 Å². The number of nitrogens with one attached hydrogen (secondary N) is 2. The fraction of sp³-hybridized carbons (Fsp3) is 0.500. The highest BCUT2D eigenvalue weighted by atomic mass is 16.5. The minimum Gasteiger partial charge on any atom is -0.490 e. The van der Waals surface area contributed by atoms with Crippen LogP contribution in [0.2, 0.25) is 0 Å². The average molecular weight is 343 g/mol. The van der Waals surface area contributed by atoms with Gasteiger partial charge in [0.1, 0.15) is 17.9 Å². The van der Waals surface area contributed by atoms with E-state index in [0.717, 1.165) is 30.0 Å². The number of benzene rings is 1. The Balaban J connectivity index is 1.40. The Morgan fingerprint density at radius 1 is 1.32 bits per heavy atom. The highest BCUT2D eigenvalue weighted by Gasteiger charge is 2.16. The molecule has 2 amide bonds. The molecular weight excluding hydrogens is 318 g/mol. The number of nitrogens with zero attached hydrogens (tertiary/aromatic N) is 3. The van der Waals surface area contributed by atoms with Crippen molar-refractivity contribution in [3.8, 4) is 5.75 Å². The largest absolute Gasteiger partial charge is 0.490 e. The third-order valence-electron chi connectivity index (χ3n) is 4.40. The summed E-state index contributed by atoms with van der Waals surface area (Å²) in [6, 6.07) is 7.74. The zero-order valence-corrected chi connectivity index (χ0v) is 14.6. The molecule has 3 rings (SSSR count). The van der Waals surface area contributed by atoms with Crippen LogP contribution in [0.15, 0.2) is 30.6 Å². The first-order chi connectivity index (χ1) is 12.2. The van der Waals surface area contributed by atoms with E-state index in [9.17, 15) is 4.79 Å². The Kier molecular flexibility index (Phi) is 5.87. The molecule has 1 heterocycles. The molecule has 1 fully saturated rings. The molecule has 1 aliphatic rings. The summed E-state index contributed by atoms with van der Waals surface area (Å²) in [6.07, 6.45) is 7.27. The van der Waals surface area contributed by atoms with Gasteiger partial charge in [0.05, 0.1) is 6.10 Å². The van der Waals surface area contributed by atoms with Gasteiger partial charge in [-0.3, -0.25) is 4.68 Å². The minimum atomic E-state index is -0.190. The second-order valence-corrected chi connectivity index (χ2v) is 6.33. The van der Waals surface area contributed by atoms with E-state index in [1.807, 2.05) is 31.3 Å². The van der Waals surface area contributed by atoms with Gasteiger partial charge in [0.25, 0.3) is 0 Å². The van der Waals surface area contributed by atoms with Crippen LogP contribution in [-0.4, -0.2) is 33.4 Å². The topological polar surface area (TPSA) is 81.1 Å². The van der Waals surface area contributed by atoms with Gasteiger partial charge in [-0.15, -0.1) is 0 Å². The van der Waals surface area contributed by atoms with Crippen molar-refractivity contribution in [1.29, 1.82) is 0 Å². The van der Waals surface area contributed by atoms with Gasteiger partial charge in [0.2, 0.25) is 0 Å². The lowest BCUT2D eigenvalue weighted by Gasteiger charge is -2.14. The lowest BCUT2D eigenvalue weighted by atomic mass is 10.2. The first-order valence-electron chi connectivity index (χ1n) is 8.81. The van der Waals surface area contributed by atoms with Crippen molar-refractivity contribution in [3.63, 3.8) is 0 Å². The number of rotatable bonds is 7. The maximum atomic E-state index is 11.9. The zero-order chi connectivity index (χ0) is 17.5. The molecule has 0 bridgehead atoms. The Morgan fingerprint density at radius 2 is 2.16 bits per heavy atom. The summed E-state index contributed by atoms with van der Waals surface area (Å²) in [5.41, 5.74) is 1.03. The molecule has 2 N–H and O–H groups in total. The standard InChI is InChI=1S/C18H25N5O2/c1-23-17(21-13-22-23)9-10-19-18(24)20-12-14-5-4-8-16(11-14)25-15-6-2-3-7-15/h4-5,8,11,13,15H,2-3,6-7,9-10,12H2,1H3,(H2,19,20,24). The number of amides is 2. The number of carbonyl (C=O) groups is 1. The lowest BCUT2D eigenvalue weighted by molar-refractivity contribution is 0.209. The number of aryl methyl sites for hydroxylation is 1. The fourth-order valence-electron chi connectivity index (χ4n) is 3.01. The van der Waals surface area contributed by atoms with Crippen molar-refractivity contribution in [2.24, 2.45) is 7.05 Å². The molecule has 2 aromatic rings. The van der Waals surface area contributed by atoms with Gasteiger partial charge >= 0.3 is 6.03 Å². The van der Waals surface area contributed by atoms with Gasteiger partial charge in [-0.1, -0.05) is 12.1 Å². The van der Waals surface area contributed by atoms with Crippen LogP contribution in [0, 0.1) is 0 Å². The number of aromatic nitrogens is 3. The number of ether oxygens (including phenoxy) is 1. The molecule has 25 heavy (non-hydrogen) atoms. The molecule has 7 nitrogen and oxygen atoms in total. The van der Waals surface area contributed by atoms with Crippen molar-refractivity contribution in [1.82, 2.24) is 25.4 Å². The summed E-state index contributed by atoms with van der Waals surface area (Å²) in [5.74, 6) is 1.73. The van der Waals surface area contributed by atoms with Crippen LogP contribution in [0.1, 0.15) is 37.1 Å². The number of carbonyl (C=O) groups excluding carboxylic acids is 1. The minimum absolute atomic E-state index is 0.190. The van der Waals surface area contributed by atoms with Crippen LogP contribution in [-0.2, 0) is 20.0 Å². The highest BCUT2D eigenvalue weighted by Crippen LogP contribution is 2.24. The van der Waals surface area contributed by atoms with Crippen LogP contribution in [0.4, 0.5) is 4.79 Å². The quantitative estimate of drug-likeness (QED) is 0.807. The molecule has 1 aromatic heterocycles. The van der Waals surface area contributed by atoms with Gasteiger partial charge in [-0.2, -0.15) is 5.10 Å². The van der Waals surface area contributed by atoms with Crippen molar-refractivity contribution in [2.75, 3.05) is 6.54 Å². The summed E-state index contributed by atoms with van der Waals surface area (Å²) in [4.78, 5) is 16.0. The summed E-state index contributed by atoms with van der Waals surface area (Å²) in [7, 11) is 1.84. The van der Waals surface area contributed by atoms with Gasteiger partial charge in [-0.25, -0.2) is 9.78 Å². The van der Waals surface area contributed by atoms with Crippen LogP contribution >= 0.6 is 0 Å². The van der Waals surface area contributed by atoms with Crippen LogP contribution in [0.25, 0.3) is 0 Å². The van der Waals surface area contributed by atoms with E-state index in [1.54, 1.807) is 4.68 Å². The Hall–Kier alpha value is -2.57. The molecule has 0 aliphatic heterocycles. The highest BCUT2D eigenvalue weighted by molar-refractivity contribution is 5.73. The van der Waals surface area contributed by atoms with Gasteiger partial charge in [0, 0.05) is 26.6 Å². The van der Waals surface area contributed by atoms with E-state index in [1.165, 1.54) is 19.2 Å². The first kappa shape index (κ1) is 17.3. The van der Waals surface area contributed by atoms with Crippen molar-refractivity contribution >= 4 is 6.03 Å². The van der Waals surface area contributed by atoms with Gasteiger partial charge in [-0.05, 0) is 43.4 Å². The molecule has 1 aromatic carbocycles. The van der Waals surface area contributed by atoms with E-state index in [4.69, 9.17) is 4.74 Å². The molecule has 0 radical (unpaired) electrons. The van der Waals surface area contributed by atoms with Crippen LogP contribution in [0.5, 0.6) is 5.75 Å². The summed E-state index contributed by atoms with van der Waals surface area (Å²) in [6.45, 7) is 0.987. The first-order valence-corrected chi connectivity index (χ1v) is 8.81. The van der Waals surface area contributed by atoms with E-state index < -0.39 is 0 Å². The molecule has 134 valence electrons. The van der Waals surface area contributed by atoms with Crippen LogP contribution in [0.3, 0.4) is 0 Å². The van der Waals surface area contributed by atoms with Gasteiger partial charge < -0.3 is 15.4 Å². The molecule has 0 atom stereocenters. The molecule has 7 heteroatoms. The average Bonchev–Trinajstić information content (AvgIpc) is 3.26. The third-order valence-corrected chi connectivity index (χ3v) is 4.40. The summed E-state index contributed by atoms with van der Waals surface area (Å²) < 4.78 is 7.70. The predicted octanol–water partition coefficient (Wildman–Crippen LogP) is 2.18. The molecule has 1 saturated carbocycles. The number of hydrogen-bond acceptors (Lipinski definition) is 4. The second kappa shape index (κ2) is 8.50. The Labute approximate surface area is 147 Å². The number of hydrogen-bond donors (Lipinski definition) is 2. The normalized spacial score (nSPS) is 14.4. The maximum Gasteiger partial charge on any atom is 0.315 e. The van der Waals surface area contributed by atoms with Gasteiger partial charge in [0.15, 0.2) is 0 Å². The Bertz CT molecular complexity index is 694. The smallest absolute Gasteiger partial charge is 0.315 e. The third kappa shape index (κ3) is 5.20. The lowest BCUT2D eigenvalue weighted by Crippen LogP contribution is -2.36. The van der Waals surface area contributed by atoms with Crippen molar-refractivity contribution < 1.29 is 9.53 Å². The fourth-order valence-corrected chi connectivity index (χ4v) is 3.01. The SMILES string of the molecule is Cn1ncnc1CCNC(=O)NCc1cccc(OC2CCCC2)c1. The van der Waals surface area contributed by atoms with E-state index in [2.05, 4.69) is 20.7 Å². The predicted molar refractivity (Wildman–Crippen MR) is 94.3 cm³/mol. The summed E-state index contributed by atoms with van der Waals surface area (Å²) >= 11 is 0. The summed E-state index contributed by atoms with van der Waals surface area (Å²) in [5, 5.41) is 9.70. The molecular formula is C18H25N5O2. The van der Waals surface area contributed by atoms with E-state index in [0.29, 0.717) is 25.6 Å². The van der Waals surface area contributed by atoms with E-state index in [-0.39, 0.29) is 6.03 Å². The van der Waals surface area contributed by atoms with Crippen LogP contribution < -0.4 is 15.4 Å². The number of urea groups is 1. The second-order valence-electron chi connectivity index (χ2n) is 6.33. The monoisotopic (exact) mass is 343 g/mol.